The molecule has 1 rings (SSSR count). The number of aliphatic hydroxyl groups excluding tert-OH is 1. The largest absolute Gasteiger partial charge is 0.393 e. The van der Waals surface area contributed by atoms with Crippen molar-refractivity contribution in [3.8, 4) is 0 Å². The Bertz CT molecular complexity index is 364. The Hall–Kier alpha value is -1.16. The van der Waals surface area contributed by atoms with E-state index in [0.717, 1.165) is 11.4 Å². The van der Waals surface area contributed by atoms with Crippen molar-refractivity contribution in [1.29, 1.82) is 0 Å². The summed E-state index contributed by atoms with van der Waals surface area (Å²) in [6, 6.07) is 2.17. The Morgan fingerprint density at radius 2 is 1.88 bits per heavy atom. The Balaban J connectivity index is 2.77. The second kappa shape index (κ2) is 5.96. The number of hydrogen-bond acceptors (Lipinski definition) is 4. The number of aliphatic hydroxyl groups is 1. The van der Waals surface area contributed by atoms with E-state index in [1.807, 2.05) is 19.9 Å². The van der Waals surface area contributed by atoms with Gasteiger partial charge in [-0.2, -0.15) is 0 Å². The maximum Gasteiger partial charge on any atom is 0.223 e. The normalized spacial score (nSPS) is 14.8. The molecule has 0 aliphatic heterocycles. The lowest BCUT2D eigenvalue weighted by atomic mass is 10.1. The first-order valence-corrected chi connectivity index (χ1v) is 6.18. The van der Waals surface area contributed by atoms with Crippen molar-refractivity contribution in [3.05, 3.63) is 17.5 Å². The molecule has 4 nitrogen and oxygen atoms in total. The highest BCUT2D eigenvalue weighted by Gasteiger charge is 2.10. The number of nitrogens with one attached hydrogen (secondary N) is 1. The molecule has 0 bridgehead atoms. The van der Waals surface area contributed by atoms with Crippen molar-refractivity contribution >= 4 is 5.95 Å². The number of hydrogen-bond donors (Lipinski definition) is 2. The molecule has 0 aliphatic carbocycles. The van der Waals surface area contributed by atoms with Crippen molar-refractivity contribution in [1.82, 2.24) is 9.97 Å². The van der Waals surface area contributed by atoms with E-state index in [0.29, 0.717) is 18.3 Å². The van der Waals surface area contributed by atoms with Crippen molar-refractivity contribution < 1.29 is 5.11 Å². The van der Waals surface area contributed by atoms with E-state index >= 15 is 0 Å². The average molecular weight is 237 g/mol. The van der Waals surface area contributed by atoms with Crippen molar-refractivity contribution in [2.75, 3.05) is 5.32 Å². The van der Waals surface area contributed by atoms with Gasteiger partial charge in [-0.25, -0.2) is 9.97 Å². The average Bonchev–Trinajstić information content (AvgIpc) is 2.14. The molecule has 17 heavy (non-hydrogen) atoms. The molecular formula is C13H23N3O. The van der Waals surface area contributed by atoms with Crippen LogP contribution in [-0.2, 0) is 0 Å². The number of anilines is 1. The van der Waals surface area contributed by atoms with Gasteiger partial charge in [0, 0.05) is 17.4 Å². The van der Waals surface area contributed by atoms with Crippen LogP contribution in [0.4, 0.5) is 5.95 Å². The van der Waals surface area contributed by atoms with Crippen LogP contribution in [0.5, 0.6) is 0 Å². The fourth-order valence-corrected chi connectivity index (χ4v) is 1.74. The standard InChI is InChI=1S/C13H23N3O/c1-8(2)12-7-10(4)15-13(16-12)14-9(3)6-11(5)17/h7-9,11,17H,6H2,1-5H3,(H,14,15,16). The summed E-state index contributed by atoms with van der Waals surface area (Å²) < 4.78 is 0. The van der Waals surface area contributed by atoms with Gasteiger partial charge in [0.2, 0.25) is 5.95 Å². The van der Waals surface area contributed by atoms with Crippen LogP contribution in [0.2, 0.25) is 0 Å². The van der Waals surface area contributed by atoms with Crippen LogP contribution in [0.3, 0.4) is 0 Å². The smallest absolute Gasteiger partial charge is 0.223 e. The van der Waals surface area contributed by atoms with Gasteiger partial charge in [0.1, 0.15) is 0 Å². The zero-order chi connectivity index (χ0) is 13.0. The molecule has 0 saturated carbocycles. The summed E-state index contributed by atoms with van der Waals surface area (Å²) in [6.07, 6.45) is 0.376. The maximum atomic E-state index is 9.32. The molecule has 2 atom stereocenters. The number of aryl methyl sites for hydroxylation is 1. The van der Waals surface area contributed by atoms with E-state index < -0.39 is 0 Å². The summed E-state index contributed by atoms with van der Waals surface area (Å²) in [5, 5.41) is 12.5. The molecule has 2 N–H and O–H groups in total. The van der Waals surface area contributed by atoms with Crippen LogP contribution in [0.1, 0.15) is 51.4 Å². The molecule has 1 aromatic heterocycles. The molecule has 4 heteroatoms. The number of nitrogens with zero attached hydrogens (tertiary/aromatic N) is 2. The van der Waals surface area contributed by atoms with Crippen LogP contribution >= 0.6 is 0 Å². The second-order valence-electron chi connectivity index (χ2n) is 5.04. The zero-order valence-electron chi connectivity index (χ0n) is 11.4. The van der Waals surface area contributed by atoms with Gasteiger partial charge in [-0.1, -0.05) is 13.8 Å². The highest BCUT2D eigenvalue weighted by atomic mass is 16.3. The summed E-state index contributed by atoms with van der Waals surface area (Å²) in [6.45, 7) is 10.0. The van der Waals surface area contributed by atoms with Crippen molar-refractivity contribution in [2.24, 2.45) is 0 Å². The molecule has 1 heterocycles. The van der Waals surface area contributed by atoms with Gasteiger partial charge in [-0.15, -0.1) is 0 Å². The predicted octanol–water partition coefficient (Wildman–Crippen LogP) is 2.48. The molecule has 0 radical (unpaired) electrons. The fraction of sp³-hybridized carbons (Fsp3) is 0.692. The topological polar surface area (TPSA) is 58.0 Å². The summed E-state index contributed by atoms with van der Waals surface area (Å²) in [5.41, 5.74) is 2.01. The van der Waals surface area contributed by atoms with Gasteiger partial charge in [-0.05, 0) is 39.2 Å². The SMILES string of the molecule is Cc1cc(C(C)C)nc(NC(C)CC(C)O)n1. The van der Waals surface area contributed by atoms with E-state index in [-0.39, 0.29) is 12.1 Å². The van der Waals surface area contributed by atoms with Gasteiger partial charge in [0.15, 0.2) is 0 Å². The highest BCUT2D eigenvalue weighted by molar-refractivity contribution is 5.30. The molecule has 0 saturated heterocycles. The lowest BCUT2D eigenvalue weighted by Gasteiger charge is -2.16. The maximum absolute atomic E-state index is 9.32. The minimum absolute atomic E-state index is 0.164. The third-order valence-electron chi connectivity index (χ3n) is 2.54. The first-order valence-electron chi connectivity index (χ1n) is 6.18. The Morgan fingerprint density at radius 3 is 2.41 bits per heavy atom. The predicted molar refractivity (Wildman–Crippen MR) is 70.2 cm³/mol. The summed E-state index contributed by atoms with van der Waals surface area (Å²) in [7, 11) is 0. The van der Waals surface area contributed by atoms with E-state index in [9.17, 15) is 5.11 Å². The van der Waals surface area contributed by atoms with Gasteiger partial charge in [0.25, 0.3) is 0 Å². The molecule has 1 aromatic rings. The number of rotatable bonds is 5. The quantitative estimate of drug-likeness (QED) is 0.826. The van der Waals surface area contributed by atoms with Crippen LogP contribution in [0.15, 0.2) is 6.07 Å². The summed E-state index contributed by atoms with van der Waals surface area (Å²) >= 11 is 0. The molecule has 0 amide bonds. The molecule has 0 fully saturated rings. The van der Waals surface area contributed by atoms with Gasteiger partial charge < -0.3 is 10.4 Å². The lowest BCUT2D eigenvalue weighted by Crippen LogP contribution is -2.22. The summed E-state index contributed by atoms with van der Waals surface area (Å²) in [5.74, 6) is 1.05. The van der Waals surface area contributed by atoms with E-state index in [1.54, 1.807) is 6.92 Å². The first kappa shape index (κ1) is 13.9. The van der Waals surface area contributed by atoms with E-state index in [4.69, 9.17) is 0 Å². The van der Waals surface area contributed by atoms with E-state index in [2.05, 4.69) is 29.1 Å². The minimum Gasteiger partial charge on any atom is -0.393 e. The third-order valence-corrected chi connectivity index (χ3v) is 2.54. The minimum atomic E-state index is -0.313. The van der Waals surface area contributed by atoms with Crippen molar-refractivity contribution in [2.45, 2.75) is 59.1 Å². The van der Waals surface area contributed by atoms with Crippen LogP contribution in [0, 0.1) is 6.92 Å². The summed E-state index contributed by atoms with van der Waals surface area (Å²) in [4.78, 5) is 8.84. The zero-order valence-corrected chi connectivity index (χ0v) is 11.4. The molecule has 2 unspecified atom stereocenters. The molecule has 0 aliphatic rings. The van der Waals surface area contributed by atoms with Gasteiger partial charge in [0.05, 0.1) is 6.10 Å². The van der Waals surface area contributed by atoms with Crippen LogP contribution in [0.25, 0.3) is 0 Å². The molecular weight excluding hydrogens is 214 g/mol. The third kappa shape index (κ3) is 4.69. The van der Waals surface area contributed by atoms with Gasteiger partial charge >= 0.3 is 0 Å². The molecule has 96 valence electrons. The Labute approximate surface area is 103 Å². The highest BCUT2D eigenvalue weighted by Crippen LogP contribution is 2.15. The Morgan fingerprint density at radius 1 is 1.24 bits per heavy atom. The molecule has 0 spiro atoms. The van der Waals surface area contributed by atoms with E-state index in [1.165, 1.54) is 0 Å². The monoisotopic (exact) mass is 237 g/mol. The van der Waals surface area contributed by atoms with Crippen LogP contribution < -0.4 is 5.32 Å². The van der Waals surface area contributed by atoms with Crippen molar-refractivity contribution in [3.63, 3.8) is 0 Å². The molecule has 0 aromatic carbocycles. The number of aromatic nitrogens is 2. The fourth-order valence-electron chi connectivity index (χ4n) is 1.74. The van der Waals surface area contributed by atoms with Crippen LogP contribution in [-0.4, -0.2) is 27.2 Å². The lowest BCUT2D eigenvalue weighted by molar-refractivity contribution is 0.179. The Kier molecular flexibility index (Phi) is 4.87. The second-order valence-corrected chi connectivity index (χ2v) is 5.04. The van der Waals surface area contributed by atoms with Gasteiger partial charge in [-0.3, -0.25) is 0 Å². The first-order chi connectivity index (χ1) is 7.88.